The highest BCUT2D eigenvalue weighted by Crippen LogP contribution is 2.29. The first-order valence-corrected chi connectivity index (χ1v) is 6.92. The Bertz CT molecular complexity index is 527. The SMILES string of the molecule is COC(=O)[C@@H](C(C)C)N1Cc2cc(Br)ccc2C1=O. The van der Waals surface area contributed by atoms with Crippen molar-refractivity contribution in [2.45, 2.75) is 26.4 Å². The third-order valence-corrected chi connectivity index (χ3v) is 3.80. The van der Waals surface area contributed by atoms with Crippen molar-refractivity contribution in [2.24, 2.45) is 5.92 Å². The zero-order valence-electron chi connectivity index (χ0n) is 11.1. The predicted molar refractivity (Wildman–Crippen MR) is 74.7 cm³/mol. The number of ether oxygens (including phenoxy) is 1. The Labute approximate surface area is 120 Å². The first kappa shape index (κ1) is 14.1. The van der Waals surface area contributed by atoms with Crippen LogP contribution in [0.5, 0.6) is 0 Å². The quantitative estimate of drug-likeness (QED) is 0.802. The second-order valence-electron chi connectivity index (χ2n) is 4.95. The van der Waals surface area contributed by atoms with Gasteiger partial charge in [0.1, 0.15) is 6.04 Å². The molecule has 0 saturated heterocycles. The lowest BCUT2D eigenvalue weighted by Gasteiger charge is -2.28. The Kier molecular flexibility index (Phi) is 3.94. The number of nitrogens with zero attached hydrogens (tertiary/aromatic N) is 1. The fourth-order valence-corrected chi connectivity index (χ4v) is 2.82. The van der Waals surface area contributed by atoms with E-state index >= 15 is 0 Å². The summed E-state index contributed by atoms with van der Waals surface area (Å²) in [5.41, 5.74) is 1.60. The number of hydrogen-bond acceptors (Lipinski definition) is 3. The maximum atomic E-state index is 12.4. The Morgan fingerprint density at radius 1 is 1.42 bits per heavy atom. The molecule has 0 fully saturated rings. The third-order valence-electron chi connectivity index (χ3n) is 3.31. The maximum Gasteiger partial charge on any atom is 0.328 e. The van der Waals surface area contributed by atoms with E-state index in [-0.39, 0.29) is 17.8 Å². The van der Waals surface area contributed by atoms with E-state index in [1.807, 2.05) is 26.0 Å². The third kappa shape index (κ3) is 2.52. The van der Waals surface area contributed by atoms with Crippen molar-refractivity contribution in [3.63, 3.8) is 0 Å². The van der Waals surface area contributed by atoms with E-state index in [2.05, 4.69) is 15.9 Å². The number of fused-ring (bicyclic) bond motifs is 1. The topological polar surface area (TPSA) is 46.6 Å². The summed E-state index contributed by atoms with van der Waals surface area (Å²) in [6.45, 7) is 4.27. The van der Waals surface area contributed by atoms with Gasteiger partial charge < -0.3 is 9.64 Å². The Hall–Kier alpha value is -1.36. The van der Waals surface area contributed by atoms with Crippen LogP contribution < -0.4 is 0 Å². The average Bonchev–Trinajstić information content (AvgIpc) is 2.66. The Morgan fingerprint density at radius 2 is 2.11 bits per heavy atom. The van der Waals surface area contributed by atoms with Crippen LogP contribution in [0.3, 0.4) is 0 Å². The van der Waals surface area contributed by atoms with E-state index in [4.69, 9.17) is 4.74 Å². The molecule has 102 valence electrons. The maximum absolute atomic E-state index is 12.4. The monoisotopic (exact) mass is 325 g/mol. The summed E-state index contributed by atoms with van der Waals surface area (Å²) in [5, 5.41) is 0. The van der Waals surface area contributed by atoms with Gasteiger partial charge >= 0.3 is 5.97 Å². The molecular formula is C14H16BrNO3. The fourth-order valence-electron chi connectivity index (χ4n) is 2.42. The van der Waals surface area contributed by atoms with Crippen LogP contribution in [-0.2, 0) is 16.1 Å². The number of hydrogen-bond donors (Lipinski definition) is 0. The van der Waals surface area contributed by atoms with Gasteiger partial charge in [-0.25, -0.2) is 4.79 Å². The Morgan fingerprint density at radius 3 is 2.68 bits per heavy atom. The van der Waals surface area contributed by atoms with Gasteiger partial charge in [-0.1, -0.05) is 29.8 Å². The van der Waals surface area contributed by atoms with E-state index in [9.17, 15) is 9.59 Å². The van der Waals surface area contributed by atoms with Crippen LogP contribution in [-0.4, -0.2) is 29.9 Å². The predicted octanol–water partition coefficient (Wildman–Crippen LogP) is 2.60. The smallest absolute Gasteiger partial charge is 0.328 e. The highest BCUT2D eigenvalue weighted by Gasteiger charge is 2.38. The molecule has 2 rings (SSSR count). The normalized spacial score (nSPS) is 15.6. The van der Waals surface area contributed by atoms with Crippen LogP contribution in [0.15, 0.2) is 22.7 Å². The minimum Gasteiger partial charge on any atom is -0.467 e. The van der Waals surface area contributed by atoms with Crippen molar-refractivity contribution in [3.8, 4) is 0 Å². The van der Waals surface area contributed by atoms with Gasteiger partial charge in [-0.3, -0.25) is 4.79 Å². The van der Waals surface area contributed by atoms with Crippen LogP contribution in [0.2, 0.25) is 0 Å². The number of halogens is 1. The zero-order valence-corrected chi connectivity index (χ0v) is 12.7. The van der Waals surface area contributed by atoms with E-state index < -0.39 is 6.04 Å². The Balaban J connectivity index is 2.34. The molecule has 0 aromatic heterocycles. The summed E-state index contributed by atoms with van der Waals surface area (Å²) >= 11 is 3.39. The van der Waals surface area contributed by atoms with Crippen LogP contribution in [0.4, 0.5) is 0 Å². The number of amides is 1. The highest BCUT2D eigenvalue weighted by atomic mass is 79.9. The van der Waals surface area contributed by atoms with Crippen molar-refractivity contribution < 1.29 is 14.3 Å². The van der Waals surface area contributed by atoms with E-state index in [1.165, 1.54) is 7.11 Å². The molecule has 0 radical (unpaired) electrons. The lowest BCUT2D eigenvalue weighted by atomic mass is 10.0. The first-order valence-electron chi connectivity index (χ1n) is 6.13. The lowest BCUT2D eigenvalue weighted by Crippen LogP contribution is -2.45. The van der Waals surface area contributed by atoms with Crippen LogP contribution >= 0.6 is 15.9 Å². The van der Waals surface area contributed by atoms with Crippen molar-refractivity contribution in [2.75, 3.05) is 7.11 Å². The van der Waals surface area contributed by atoms with Crippen LogP contribution in [0.1, 0.15) is 29.8 Å². The molecule has 1 aliphatic rings. The van der Waals surface area contributed by atoms with Crippen molar-refractivity contribution in [1.82, 2.24) is 4.90 Å². The van der Waals surface area contributed by atoms with Gasteiger partial charge in [-0.2, -0.15) is 0 Å². The molecule has 19 heavy (non-hydrogen) atoms. The molecule has 0 aliphatic carbocycles. The summed E-state index contributed by atoms with van der Waals surface area (Å²) < 4.78 is 5.75. The molecule has 1 atom stereocenters. The van der Waals surface area contributed by atoms with Gasteiger partial charge in [-0.15, -0.1) is 0 Å². The lowest BCUT2D eigenvalue weighted by molar-refractivity contribution is -0.147. The van der Waals surface area contributed by atoms with E-state index in [0.29, 0.717) is 12.1 Å². The molecule has 0 N–H and O–H groups in total. The summed E-state index contributed by atoms with van der Waals surface area (Å²) in [5.74, 6) is -0.462. The van der Waals surface area contributed by atoms with Gasteiger partial charge in [0, 0.05) is 16.6 Å². The van der Waals surface area contributed by atoms with Crippen LogP contribution in [0.25, 0.3) is 0 Å². The van der Waals surface area contributed by atoms with Crippen molar-refractivity contribution in [1.29, 1.82) is 0 Å². The van der Waals surface area contributed by atoms with Crippen molar-refractivity contribution >= 4 is 27.8 Å². The largest absolute Gasteiger partial charge is 0.467 e. The van der Waals surface area contributed by atoms with E-state index in [0.717, 1.165) is 10.0 Å². The molecule has 0 saturated carbocycles. The molecule has 1 heterocycles. The van der Waals surface area contributed by atoms with Gasteiger partial charge in [0.2, 0.25) is 0 Å². The van der Waals surface area contributed by atoms with Gasteiger partial charge in [-0.05, 0) is 29.7 Å². The molecule has 1 aromatic carbocycles. The molecule has 5 heteroatoms. The number of carbonyl (C=O) groups is 2. The zero-order chi connectivity index (χ0) is 14.2. The van der Waals surface area contributed by atoms with Gasteiger partial charge in [0.25, 0.3) is 5.91 Å². The second-order valence-corrected chi connectivity index (χ2v) is 5.86. The average molecular weight is 326 g/mol. The number of esters is 1. The van der Waals surface area contributed by atoms with Crippen molar-refractivity contribution in [3.05, 3.63) is 33.8 Å². The van der Waals surface area contributed by atoms with Gasteiger partial charge in [0.15, 0.2) is 0 Å². The van der Waals surface area contributed by atoms with Gasteiger partial charge in [0.05, 0.1) is 7.11 Å². The number of benzene rings is 1. The van der Waals surface area contributed by atoms with E-state index in [1.54, 1.807) is 11.0 Å². The number of rotatable bonds is 3. The molecule has 1 aliphatic heterocycles. The molecular weight excluding hydrogens is 310 g/mol. The fraction of sp³-hybridized carbons (Fsp3) is 0.429. The molecule has 0 spiro atoms. The highest BCUT2D eigenvalue weighted by molar-refractivity contribution is 9.10. The summed E-state index contributed by atoms with van der Waals surface area (Å²) in [7, 11) is 1.35. The second kappa shape index (κ2) is 5.33. The molecule has 0 unspecified atom stereocenters. The molecule has 0 bridgehead atoms. The first-order chi connectivity index (χ1) is 8.95. The summed E-state index contributed by atoms with van der Waals surface area (Å²) in [4.78, 5) is 25.8. The summed E-state index contributed by atoms with van der Waals surface area (Å²) in [6, 6.07) is 5.00. The minimum absolute atomic E-state index is 0.00847. The number of carbonyl (C=O) groups excluding carboxylic acids is 2. The molecule has 1 aromatic rings. The molecule has 4 nitrogen and oxygen atoms in total. The summed E-state index contributed by atoms with van der Waals surface area (Å²) in [6.07, 6.45) is 0. The molecule has 1 amide bonds. The minimum atomic E-state index is -0.538. The van der Waals surface area contributed by atoms with Crippen LogP contribution in [0, 0.1) is 5.92 Å². The standard InChI is InChI=1S/C14H16BrNO3/c1-8(2)12(14(18)19-3)16-7-9-6-10(15)4-5-11(9)13(16)17/h4-6,8,12H,7H2,1-3H3/t12-/m1/s1. The number of methoxy groups -OCH3 is 1.